The van der Waals surface area contributed by atoms with Gasteiger partial charge in [0, 0.05) is 57.4 Å². The number of carbonyl (C=O) groups is 1. The SMILES string of the molecule is CC(=O)/C=C(/C)O.[Ir].[c-]1ccc2ccccc2c1-c1nc2ccccc2c2c1sc1c(C3CCCC3)cccc12. The van der Waals surface area contributed by atoms with Crippen molar-refractivity contribution in [2.45, 2.75) is 45.4 Å². The van der Waals surface area contributed by atoms with Crippen LogP contribution >= 0.6 is 11.3 Å². The molecule has 40 heavy (non-hydrogen) atoms. The molecule has 5 heteroatoms. The molecule has 0 saturated heterocycles. The first-order valence-corrected chi connectivity index (χ1v) is 14.3. The summed E-state index contributed by atoms with van der Waals surface area (Å²) in [5.41, 5.74) is 4.77. The maximum absolute atomic E-state index is 10.0. The first kappa shape index (κ1) is 28.2. The van der Waals surface area contributed by atoms with Crippen LogP contribution in [0.15, 0.2) is 90.7 Å². The predicted molar refractivity (Wildman–Crippen MR) is 165 cm³/mol. The Morgan fingerprint density at radius 2 is 1.60 bits per heavy atom. The van der Waals surface area contributed by atoms with Gasteiger partial charge in [0.2, 0.25) is 0 Å². The number of aromatic nitrogens is 1. The molecule has 1 aliphatic carbocycles. The van der Waals surface area contributed by atoms with Crippen molar-refractivity contribution in [2.75, 3.05) is 0 Å². The van der Waals surface area contributed by atoms with Crippen LogP contribution in [0.4, 0.5) is 0 Å². The van der Waals surface area contributed by atoms with Gasteiger partial charge < -0.3 is 5.11 Å². The van der Waals surface area contributed by atoms with E-state index in [9.17, 15) is 4.79 Å². The van der Waals surface area contributed by atoms with Crippen LogP contribution in [0.5, 0.6) is 0 Å². The van der Waals surface area contributed by atoms with Crippen molar-refractivity contribution in [3.63, 3.8) is 0 Å². The van der Waals surface area contributed by atoms with Gasteiger partial charge in [-0.25, -0.2) is 0 Å². The molecule has 1 N–H and O–H groups in total. The molecule has 1 saturated carbocycles. The number of fused-ring (bicyclic) bond motifs is 6. The fraction of sp³-hybridized carbons (Fsp3) is 0.200. The molecule has 1 radical (unpaired) electrons. The first-order chi connectivity index (χ1) is 19.0. The summed E-state index contributed by atoms with van der Waals surface area (Å²) in [7, 11) is 0. The van der Waals surface area contributed by atoms with Gasteiger partial charge in [-0.2, -0.15) is 0 Å². The molecule has 2 heterocycles. The quantitative estimate of drug-likeness (QED) is 0.113. The van der Waals surface area contributed by atoms with Crippen LogP contribution in [0.25, 0.3) is 53.1 Å². The van der Waals surface area contributed by atoms with Crippen LogP contribution in [0.2, 0.25) is 0 Å². The molecule has 0 atom stereocenters. The second-order valence-corrected chi connectivity index (χ2v) is 11.3. The largest absolute Gasteiger partial charge is 0.512 e. The number of ketones is 1. The van der Waals surface area contributed by atoms with Crippen molar-refractivity contribution in [1.82, 2.24) is 4.98 Å². The smallest absolute Gasteiger partial charge is 0.155 e. The number of hydrogen-bond donors (Lipinski definition) is 1. The standard InChI is InChI=1S/C30H22NS.C5H8O2.Ir/c1-2-11-20(10-1)22-15-8-17-25-27-24-14-5-6-18-26(24)31-28(30(27)32-29(22)25)23-16-7-12-19-9-3-4-13-21(19)23;1-4(6)3-5(2)7;/h3-9,12-15,17-18,20H,1-2,10-11H2;3,6H,1-2H3;/q-1;;/b;4-3-;. The summed E-state index contributed by atoms with van der Waals surface area (Å²) in [4.78, 5) is 15.2. The first-order valence-electron chi connectivity index (χ1n) is 13.5. The van der Waals surface area contributed by atoms with Crippen molar-refractivity contribution in [3.8, 4) is 11.3 Å². The summed E-state index contributed by atoms with van der Waals surface area (Å²) in [5, 5.41) is 14.8. The Morgan fingerprint density at radius 3 is 2.33 bits per heavy atom. The van der Waals surface area contributed by atoms with E-state index in [1.165, 1.54) is 87.5 Å². The summed E-state index contributed by atoms with van der Waals surface area (Å²) in [6.07, 6.45) is 6.51. The molecule has 7 rings (SSSR count). The van der Waals surface area contributed by atoms with Crippen molar-refractivity contribution in [3.05, 3.63) is 102 Å². The topological polar surface area (TPSA) is 50.2 Å². The van der Waals surface area contributed by atoms with Gasteiger partial charge in [-0.3, -0.25) is 9.78 Å². The summed E-state index contributed by atoms with van der Waals surface area (Å²) in [6.45, 7) is 2.85. The molecule has 1 fully saturated rings. The number of carbonyl (C=O) groups excluding carboxylic acids is 1. The van der Waals surface area contributed by atoms with E-state index in [4.69, 9.17) is 10.1 Å². The molecule has 0 amide bonds. The van der Waals surface area contributed by atoms with Crippen LogP contribution in [-0.4, -0.2) is 15.9 Å². The second kappa shape index (κ2) is 12.0. The van der Waals surface area contributed by atoms with E-state index in [1.54, 1.807) is 0 Å². The molecule has 2 aromatic heterocycles. The van der Waals surface area contributed by atoms with E-state index in [1.807, 2.05) is 17.4 Å². The van der Waals surface area contributed by atoms with Crippen LogP contribution in [-0.2, 0) is 24.9 Å². The minimum Gasteiger partial charge on any atom is -0.512 e. The Hall–Kier alpha value is -3.37. The number of thiophene rings is 1. The molecule has 0 unspecified atom stereocenters. The number of pyridine rings is 1. The number of aliphatic hydroxyl groups is 1. The zero-order valence-electron chi connectivity index (χ0n) is 22.5. The van der Waals surface area contributed by atoms with Gasteiger partial charge in [0.15, 0.2) is 5.78 Å². The average molecular weight is 721 g/mol. The second-order valence-electron chi connectivity index (χ2n) is 10.3. The van der Waals surface area contributed by atoms with Gasteiger partial charge in [0.25, 0.3) is 0 Å². The maximum Gasteiger partial charge on any atom is 0.155 e. The van der Waals surface area contributed by atoms with E-state index >= 15 is 0 Å². The molecule has 3 nitrogen and oxygen atoms in total. The predicted octanol–water partition coefficient (Wildman–Crippen LogP) is 9.92. The van der Waals surface area contributed by atoms with Gasteiger partial charge in [0.1, 0.15) is 0 Å². The number of para-hydroxylation sites is 1. The van der Waals surface area contributed by atoms with E-state index in [0.717, 1.165) is 16.8 Å². The average Bonchev–Trinajstić information content (AvgIpc) is 3.61. The molecule has 4 aromatic carbocycles. The zero-order chi connectivity index (χ0) is 26.9. The number of aliphatic hydroxyl groups excluding tert-OH is 1. The monoisotopic (exact) mass is 721 g/mol. The van der Waals surface area contributed by atoms with E-state index in [2.05, 4.69) is 78.9 Å². The van der Waals surface area contributed by atoms with Gasteiger partial charge >= 0.3 is 0 Å². The molecule has 0 spiro atoms. The summed E-state index contributed by atoms with van der Waals surface area (Å²) in [5.74, 6) is 0.631. The maximum atomic E-state index is 10.0. The molecule has 0 aliphatic heterocycles. The molecule has 0 bridgehead atoms. The fourth-order valence-electron chi connectivity index (χ4n) is 5.91. The third-order valence-electron chi connectivity index (χ3n) is 7.53. The van der Waals surface area contributed by atoms with Crippen molar-refractivity contribution in [1.29, 1.82) is 0 Å². The number of nitrogens with zero attached hydrogens (tertiary/aromatic N) is 1. The molecule has 1 aliphatic rings. The Balaban J connectivity index is 0.000000362. The molecular weight excluding hydrogens is 691 g/mol. The molecule has 203 valence electrons. The Labute approximate surface area is 251 Å². The number of rotatable bonds is 3. The van der Waals surface area contributed by atoms with Crippen molar-refractivity contribution < 1.29 is 30.0 Å². The molecular formula is C35H30IrNO2S-. The minimum atomic E-state index is -0.125. The minimum absolute atomic E-state index is 0. The van der Waals surface area contributed by atoms with Crippen LogP contribution in [0.1, 0.15) is 51.0 Å². The zero-order valence-corrected chi connectivity index (χ0v) is 25.7. The summed E-state index contributed by atoms with van der Waals surface area (Å²) < 4.78 is 2.74. The van der Waals surface area contributed by atoms with E-state index < -0.39 is 0 Å². The Morgan fingerprint density at radius 1 is 0.900 bits per heavy atom. The summed E-state index contributed by atoms with van der Waals surface area (Å²) >= 11 is 1.94. The van der Waals surface area contributed by atoms with Crippen LogP contribution in [0.3, 0.4) is 0 Å². The van der Waals surface area contributed by atoms with Crippen molar-refractivity contribution >= 4 is 59.0 Å². The van der Waals surface area contributed by atoms with Crippen molar-refractivity contribution in [2.24, 2.45) is 0 Å². The number of benzene rings is 4. The van der Waals surface area contributed by atoms with Gasteiger partial charge in [-0.15, -0.1) is 40.5 Å². The Kier molecular flexibility index (Phi) is 8.46. The number of hydrogen-bond acceptors (Lipinski definition) is 4. The Bertz CT molecular complexity index is 1870. The van der Waals surface area contributed by atoms with Gasteiger partial charge in [-0.05, 0) is 44.2 Å². The third-order valence-corrected chi connectivity index (χ3v) is 8.79. The van der Waals surface area contributed by atoms with E-state index in [0.29, 0.717) is 5.92 Å². The van der Waals surface area contributed by atoms with Crippen LogP contribution in [0, 0.1) is 6.07 Å². The van der Waals surface area contributed by atoms with Gasteiger partial charge in [-0.1, -0.05) is 78.9 Å². The summed E-state index contributed by atoms with van der Waals surface area (Å²) in [6, 6.07) is 31.9. The normalized spacial score (nSPS) is 13.9. The number of allylic oxidation sites excluding steroid dienone is 2. The fourth-order valence-corrected chi connectivity index (χ4v) is 7.31. The van der Waals surface area contributed by atoms with E-state index in [-0.39, 0.29) is 31.6 Å². The third kappa shape index (κ3) is 5.34. The molecule has 6 aromatic rings. The van der Waals surface area contributed by atoms with Gasteiger partial charge in [0.05, 0.1) is 11.3 Å². The van der Waals surface area contributed by atoms with Crippen LogP contribution < -0.4 is 0 Å².